The molecule has 0 aliphatic rings. The molecular formula is C20H21N3O3S. The molecule has 2 aromatic carbocycles. The second kappa shape index (κ2) is 7.80. The number of methoxy groups -OCH3 is 2. The van der Waals surface area contributed by atoms with Gasteiger partial charge in [-0.3, -0.25) is 4.57 Å². The van der Waals surface area contributed by atoms with Crippen LogP contribution in [0.1, 0.15) is 25.8 Å². The van der Waals surface area contributed by atoms with Crippen molar-refractivity contribution in [3.8, 4) is 29.0 Å². The highest BCUT2D eigenvalue weighted by molar-refractivity contribution is 7.80. The number of hydrogen-bond acceptors (Lipinski definition) is 6. The van der Waals surface area contributed by atoms with Crippen LogP contribution in [0.4, 0.5) is 0 Å². The summed E-state index contributed by atoms with van der Waals surface area (Å²) in [4.78, 5) is 4.98. The average molecular weight is 383 g/mol. The molecule has 27 heavy (non-hydrogen) atoms. The van der Waals surface area contributed by atoms with Gasteiger partial charge in [0, 0.05) is 18.2 Å². The second-order valence-corrected chi connectivity index (χ2v) is 6.55. The molecule has 0 radical (unpaired) electrons. The number of nitrogens with zero attached hydrogens (tertiary/aromatic N) is 3. The Morgan fingerprint density at radius 1 is 1.15 bits per heavy atom. The molecule has 0 aliphatic carbocycles. The van der Waals surface area contributed by atoms with Crippen LogP contribution in [-0.2, 0) is 0 Å². The van der Waals surface area contributed by atoms with E-state index in [4.69, 9.17) is 14.2 Å². The summed E-state index contributed by atoms with van der Waals surface area (Å²) in [5.41, 5.74) is 2.79. The lowest BCUT2D eigenvalue weighted by Crippen LogP contribution is -2.11. The van der Waals surface area contributed by atoms with Gasteiger partial charge in [-0.25, -0.2) is 4.98 Å². The molecule has 0 saturated carbocycles. The smallest absolute Gasteiger partial charge is 0.163 e. The van der Waals surface area contributed by atoms with Crippen molar-refractivity contribution in [3.05, 3.63) is 36.2 Å². The average Bonchev–Trinajstić information content (AvgIpc) is 3.10. The van der Waals surface area contributed by atoms with Crippen LogP contribution < -0.4 is 14.2 Å². The van der Waals surface area contributed by atoms with Gasteiger partial charge in [0.25, 0.3) is 0 Å². The normalized spacial score (nSPS) is 11.9. The van der Waals surface area contributed by atoms with Crippen LogP contribution in [-0.4, -0.2) is 29.9 Å². The number of rotatable bonds is 6. The molecule has 7 heteroatoms. The maximum absolute atomic E-state index is 9.50. The van der Waals surface area contributed by atoms with E-state index in [1.807, 2.05) is 36.6 Å². The molecule has 0 fully saturated rings. The lowest BCUT2D eigenvalue weighted by molar-refractivity contribution is 0.212. The summed E-state index contributed by atoms with van der Waals surface area (Å²) in [5.74, 6) is 1.79. The van der Waals surface area contributed by atoms with Gasteiger partial charge in [0.1, 0.15) is 18.1 Å². The first kappa shape index (κ1) is 18.9. The molecule has 0 N–H and O–H groups in total. The molecule has 140 valence electrons. The van der Waals surface area contributed by atoms with Crippen LogP contribution in [0, 0.1) is 11.3 Å². The van der Waals surface area contributed by atoms with Crippen molar-refractivity contribution in [1.82, 2.24) is 9.55 Å². The Labute approximate surface area is 163 Å². The van der Waals surface area contributed by atoms with Gasteiger partial charge < -0.3 is 14.2 Å². The highest BCUT2D eigenvalue weighted by Crippen LogP contribution is 2.35. The minimum atomic E-state index is 0.0154. The summed E-state index contributed by atoms with van der Waals surface area (Å²) in [5, 5.41) is 9.50. The summed E-state index contributed by atoms with van der Waals surface area (Å²) in [6, 6.07) is 9.50. The van der Waals surface area contributed by atoms with E-state index < -0.39 is 0 Å². The minimum Gasteiger partial charge on any atom is -0.493 e. The first-order valence-corrected chi connectivity index (χ1v) is 9.00. The Balaban J connectivity index is 2.18. The maximum atomic E-state index is 9.50. The molecule has 1 aromatic heterocycles. The summed E-state index contributed by atoms with van der Waals surface area (Å²) in [6.45, 7) is 4.02. The molecule has 1 heterocycles. The van der Waals surface area contributed by atoms with Crippen LogP contribution >= 0.6 is 12.6 Å². The van der Waals surface area contributed by atoms with Crippen molar-refractivity contribution in [1.29, 1.82) is 5.26 Å². The molecule has 1 atom stereocenters. The van der Waals surface area contributed by atoms with Gasteiger partial charge >= 0.3 is 0 Å². The largest absolute Gasteiger partial charge is 0.493 e. The number of hydrogen-bond donors (Lipinski definition) is 1. The highest BCUT2D eigenvalue weighted by Gasteiger charge is 2.16. The lowest BCUT2D eigenvalue weighted by atomic mass is 10.2. The van der Waals surface area contributed by atoms with Crippen molar-refractivity contribution in [2.45, 2.75) is 31.3 Å². The third-order valence-electron chi connectivity index (χ3n) is 4.41. The zero-order valence-electron chi connectivity index (χ0n) is 15.7. The van der Waals surface area contributed by atoms with Crippen molar-refractivity contribution >= 4 is 23.7 Å². The van der Waals surface area contributed by atoms with E-state index in [1.165, 1.54) is 0 Å². The van der Waals surface area contributed by atoms with Crippen molar-refractivity contribution < 1.29 is 14.2 Å². The molecule has 3 aromatic rings. The van der Waals surface area contributed by atoms with Gasteiger partial charge in [0.05, 0.1) is 47.5 Å². The van der Waals surface area contributed by atoms with Crippen molar-refractivity contribution in [2.75, 3.05) is 14.2 Å². The van der Waals surface area contributed by atoms with E-state index in [-0.39, 0.29) is 6.10 Å². The monoisotopic (exact) mass is 383 g/mol. The third-order valence-corrected chi connectivity index (χ3v) is 4.88. The summed E-state index contributed by atoms with van der Waals surface area (Å²) in [7, 11) is 3.18. The molecular weight excluding hydrogens is 362 g/mol. The molecule has 0 saturated heterocycles. The highest BCUT2D eigenvalue weighted by atomic mass is 32.1. The van der Waals surface area contributed by atoms with Gasteiger partial charge in [0.2, 0.25) is 0 Å². The molecule has 0 amide bonds. The fourth-order valence-corrected chi connectivity index (χ4v) is 2.98. The van der Waals surface area contributed by atoms with E-state index in [9.17, 15) is 5.26 Å². The van der Waals surface area contributed by atoms with E-state index in [1.54, 1.807) is 26.6 Å². The number of imidazole rings is 1. The third kappa shape index (κ3) is 3.53. The fraction of sp³-hybridized carbons (Fsp3) is 0.300. The van der Waals surface area contributed by atoms with E-state index in [2.05, 4.69) is 23.7 Å². The van der Waals surface area contributed by atoms with Gasteiger partial charge in [-0.15, -0.1) is 12.6 Å². The lowest BCUT2D eigenvalue weighted by Gasteiger charge is -2.17. The number of thiol groups is 1. The number of benzene rings is 2. The predicted molar refractivity (Wildman–Crippen MR) is 107 cm³/mol. The Morgan fingerprint density at radius 2 is 1.85 bits per heavy atom. The van der Waals surface area contributed by atoms with E-state index in [0.29, 0.717) is 27.7 Å². The zero-order valence-corrected chi connectivity index (χ0v) is 16.6. The Kier molecular flexibility index (Phi) is 5.47. The minimum absolute atomic E-state index is 0.0154. The summed E-state index contributed by atoms with van der Waals surface area (Å²) in [6.07, 6.45) is 2.57. The number of nitriles is 1. The van der Waals surface area contributed by atoms with Crippen LogP contribution in [0.2, 0.25) is 0 Å². The predicted octanol–water partition coefficient (Wildman–Crippen LogP) is 4.38. The first-order chi connectivity index (χ1) is 13.0. The van der Waals surface area contributed by atoms with Gasteiger partial charge in [-0.05, 0) is 19.4 Å². The summed E-state index contributed by atoms with van der Waals surface area (Å²) < 4.78 is 18.6. The fourth-order valence-electron chi connectivity index (χ4n) is 2.75. The Hall–Kier alpha value is -2.85. The number of ether oxygens (including phenoxy) is 3. The van der Waals surface area contributed by atoms with Gasteiger partial charge in [-0.1, -0.05) is 6.92 Å². The standard InChI is InChI=1S/C20H21N3O3S/c1-5-12(2)26-19-7-14(6-13(10-21)20(19)27)23-11-22-15-8-17(24-3)18(25-4)9-16(15)23/h6-9,11-12,27H,5H2,1-4H3/t12-/m1/s1. The second-order valence-electron chi connectivity index (χ2n) is 6.10. The van der Waals surface area contributed by atoms with Crippen LogP contribution in [0.25, 0.3) is 16.7 Å². The molecule has 0 unspecified atom stereocenters. The molecule has 6 nitrogen and oxygen atoms in total. The van der Waals surface area contributed by atoms with Crippen LogP contribution in [0.3, 0.4) is 0 Å². The molecule has 0 spiro atoms. The quantitative estimate of drug-likeness (QED) is 0.640. The van der Waals surface area contributed by atoms with Gasteiger partial charge in [-0.2, -0.15) is 5.26 Å². The van der Waals surface area contributed by atoms with Gasteiger partial charge in [0.15, 0.2) is 11.5 Å². The van der Waals surface area contributed by atoms with E-state index >= 15 is 0 Å². The number of aromatic nitrogens is 2. The van der Waals surface area contributed by atoms with Crippen molar-refractivity contribution in [2.24, 2.45) is 0 Å². The van der Waals surface area contributed by atoms with Crippen LogP contribution in [0.15, 0.2) is 35.5 Å². The topological polar surface area (TPSA) is 69.3 Å². The number of fused-ring (bicyclic) bond motifs is 1. The van der Waals surface area contributed by atoms with Crippen molar-refractivity contribution in [3.63, 3.8) is 0 Å². The molecule has 3 rings (SSSR count). The Bertz CT molecular complexity index is 1020. The SMILES string of the molecule is CC[C@@H](C)Oc1cc(-n2cnc3cc(OC)c(OC)cc32)cc(C#N)c1S. The maximum Gasteiger partial charge on any atom is 0.163 e. The Morgan fingerprint density at radius 3 is 2.48 bits per heavy atom. The molecule has 0 aliphatic heterocycles. The van der Waals surface area contributed by atoms with Crippen LogP contribution in [0.5, 0.6) is 17.2 Å². The molecule has 0 bridgehead atoms. The van der Waals surface area contributed by atoms with E-state index in [0.717, 1.165) is 23.1 Å². The first-order valence-electron chi connectivity index (χ1n) is 8.55. The zero-order chi connectivity index (χ0) is 19.6. The summed E-state index contributed by atoms with van der Waals surface area (Å²) >= 11 is 4.47.